The van der Waals surface area contributed by atoms with Gasteiger partial charge in [-0.15, -0.1) is 11.6 Å². The molecule has 0 bridgehead atoms. The number of fused-ring (bicyclic) bond motifs is 1. The zero-order valence-electron chi connectivity index (χ0n) is 11.4. The van der Waals surface area contributed by atoms with Gasteiger partial charge in [0.05, 0.1) is 5.88 Å². The standard InChI is InChI=1S/C14H20ClN3/c1-5-9(2)11(4)18-12(8-15)17-13-10(3)6-7-16-14(13)18/h6-7,9,11H,5,8H2,1-4H3. The molecule has 0 amide bonds. The van der Waals surface area contributed by atoms with E-state index in [0.29, 0.717) is 17.8 Å². The van der Waals surface area contributed by atoms with Crippen molar-refractivity contribution in [3.63, 3.8) is 0 Å². The summed E-state index contributed by atoms with van der Waals surface area (Å²) in [5, 5.41) is 0. The molecule has 0 N–H and O–H groups in total. The van der Waals surface area contributed by atoms with Crippen LogP contribution in [0.2, 0.25) is 0 Å². The van der Waals surface area contributed by atoms with Gasteiger partial charge in [-0.05, 0) is 31.4 Å². The van der Waals surface area contributed by atoms with Gasteiger partial charge in [0, 0.05) is 12.2 Å². The first-order chi connectivity index (χ1) is 8.60. The molecule has 0 radical (unpaired) electrons. The molecule has 0 spiro atoms. The Labute approximate surface area is 113 Å². The molecule has 0 saturated carbocycles. The molecule has 2 aromatic rings. The number of nitrogens with zero attached hydrogens (tertiary/aromatic N) is 3. The third-order valence-corrected chi connectivity index (χ3v) is 4.09. The smallest absolute Gasteiger partial charge is 0.160 e. The highest BCUT2D eigenvalue weighted by atomic mass is 35.5. The van der Waals surface area contributed by atoms with Gasteiger partial charge >= 0.3 is 0 Å². The predicted octanol–water partition coefficient (Wildman–Crippen LogP) is 4.09. The van der Waals surface area contributed by atoms with Crippen molar-refractivity contribution in [3.8, 4) is 0 Å². The highest BCUT2D eigenvalue weighted by Crippen LogP contribution is 2.28. The SMILES string of the molecule is CCC(C)C(C)n1c(CCl)nc2c(C)ccnc21. The lowest BCUT2D eigenvalue weighted by atomic mass is 10.0. The summed E-state index contributed by atoms with van der Waals surface area (Å²) in [7, 11) is 0. The van der Waals surface area contributed by atoms with Crippen LogP contribution < -0.4 is 0 Å². The van der Waals surface area contributed by atoms with Gasteiger partial charge in [0.1, 0.15) is 11.3 Å². The van der Waals surface area contributed by atoms with E-state index in [9.17, 15) is 0 Å². The maximum Gasteiger partial charge on any atom is 0.160 e. The molecule has 18 heavy (non-hydrogen) atoms. The summed E-state index contributed by atoms with van der Waals surface area (Å²) in [6.07, 6.45) is 2.98. The van der Waals surface area contributed by atoms with Crippen LogP contribution in [0.25, 0.3) is 11.2 Å². The maximum absolute atomic E-state index is 6.04. The highest BCUT2D eigenvalue weighted by molar-refractivity contribution is 6.16. The van der Waals surface area contributed by atoms with Crippen LogP contribution in [0.1, 0.15) is 44.6 Å². The van der Waals surface area contributed by atoms with Crippen LogP contribution in [-0.4, -0.2) is 14.5 Å². The first-order valence-corrected chi connectivity index (χ1v) is 7.02. The van der Waals surface area contributed by atoms with Gasteiger partial charge in [-0.3, -0.25) is 0 Å². The average molecular weight is 266 g/mol. The first-order valence-electron chi connectivity index (χ1n) is 6.48. The molecule has 0 saturated heterocycles. The van der Waals surface area contributed by atoms with Crippen LogP contribution in [0.4, 0.5) is 0 Å². The summed E-state index contributed by atoms with van der Waals surface area (Å²) >= 11 is 6.04. The van der Waals surface area contributed by atoms with E-state index in [1.807, 2.05) is 12.3 Å². The third-order valence-electron chi connectivity index (χ3n) is 3.85. The van der Waals surface area contributed by atoms with Gasteiger partial charge in [-0.25, -0.2) is 9.97 Å². The number of aromatic nitrogens is 3. The second-order valence-electron chi connectivity index (χ2n) is 4.96. The number of aryl methyl sites for hydroxylation is 1. The lowest BCUT2D eigenvalue weighted by Crippen LogP contribution is -2.16. The van der Waals surface area contributed by atoms with Crippen LogP contribution in [0.3, 0.4) is 0 Å². The molecule has 2 aromatic heterocycles. The minimum absolute atomic E-state index is 0.364. The van der Waals surface area contributed by atoms with E-state index in [0.717, 1.165) is 29.0 Å². The molecule has 2 atom stereocenters. The van der Waals surface area contributed by atoms with Crippen molar-refractivity contribution < 1.29 is 0 Å². The zero-order chi connectivity index (χ0) is 13.3. The summed E-state index contributed by atoms with van der Waals surface area (Å²) in [6, 6.07) is 2.36. The van der Waals surface area contributed by atoms with E-state index in [4.69, 9.17) is 11.6 Å². The fourth-order valence-corrected chi connectivity index (χ4v) is 2.46. The largest absolute Gasteiger partial charge is 0.309 e. The second-order valence-corrected chi connectivity index (χ2v) is 5.23. The summed E-state index contributed by atoms with van der Waals surface area (Å²) < 4.78 is 2.20. The fourth-order valence-electron chi connectivity index (χ4n) is 2.27. The predicted molar refractivity (Wildman–Crippen MR) is 76.0 cm³/mol. The number of pyridine rings is 1. The summed E-state index contributed by atoms with van der Waals surface area (Å²) in [6.45, 7) is 8.74. The van der Waals surface area contributed by atoms with Gasteiger partial charge in [0.15, 0.2) is 5.65 Å². The van der Waals surface area contributed by atoms with E-state index in [-0.39, 0.29) is 0 Å². The van der Waals surface area contributed by atoms with Gasteiger partial charge in [0.25, 0.3) is 0 Å². The fraction of sp³-hybridized carbons (Fsp3) is 0.571. The minimum atomic E-state index is 0.364. The molecule has 0 aliphatic rings. The number of hydrogen-bond donors (Lipinski definition) is 0. The first kappa shape index (κ1) is 13.3. The quantitative estimate of drug-likeness (QED) is 0.780. The Morgan fingerprint density at radius 1 is 1.39 bits per heavy atom. The minimum Gasteiger partial charge on any atom is -0.309 e. The Kier molecular flexibility index (Phi) is 3.91. The molecule has 2 heterocycles. The van der Waals surface area contributed by atoms with E-state index in [1.165, 1.54) is 0 Å². The molecule has 0 fully saturated rings. The Morgan fingerprint density at radius 2 is 2.11 bits per heavy atom. The van der Waals surface area contributed by atoms with Gasteiger partial charge in [0.2, 0.25) is 0 Å². The Morgan fingerprint density at radius 3 is 2.72 bits per heavy atom. The number of alkyl halides is 1. The molecule has 0 aliphatic heterocycles. The molecular weight excluding hydrogens is 246 g/mol. The lowest BCUT2D eigenvalue weighted by Gasteiger charge is -2.22. The van der Waals surface area contributed by atoms with Gasteiger partial charge in [-0.2, -0.15) is 0 Å². The molecular formula is C14H20ClN3. The van der Waals surface area contributed by atoms with Crippen LogP contribution in [0.15, 0.2) is 12.3 Å². The van der Waals surface area contributed by atoms with E-state index in [2.05, 4.69) is 42.2 Å². The molecule has 4 heteroatoms. The average Bonchev–Trinajstić information content (AvgIpc) is 2.76. The second kappa shape index (κ2) is 5.27. The third kappa shape index (κ3) is 2.12. The number of hydrogen-bond acceptors (Lipinski definition) is 2. The van der Waals surface area contributed by atoms with Crippen LogP contribution >= 0.6 is 11.6 Å². The normalized spacial score (nSPS) is 14.9. The number of halogens is 1. The van der Waals surface area contributed by atoms with Crippen molar-refractivity contribution >= 4 is 22.8 Å². The Bertz CT molecular complexity index is 547. The zero-order valence-corrected chi connectivity index (χ0v) is 12.2. The summed E-state index contributed by atoms with van der Waals surface area (Å²) in [5.41, 5.74) is 3.09. The van der Waals surface area contributed by atoms with Crippen molar-refractivity contribution in [3.05, 3.63) is 23.7 Å². The van der Waals surface area contributed by atoms with Crippen molar-refractivity contribution in [1.82, 2.24) is 14.5 Å². The number of imidazole rings is 1. The van der Waals surface area contributed by atoms with Crippen molar-refractivity contribution in [2.24, 2.45) is 5.92 Å². The molecule has 2 unspecified atom stereocenters. The molecule has 3 nitrogen and oxygen atoms in total. The van der Waals surface area contributed by atoms with Crippen LogP contribution in [0, 0.1) is 12.8 Å². The van der Waals surface area contributed by atoms with E-state index < -0.39 is 0 Å². The molecule has 98 valence electrons. The van der Waals surface area contributed by atoms with Crippen molar-refractivity contribution in [2.75, 3.05) is 0 Å². The lowest BCUT2D eigenvalue weighted by molar-refractivity contribution is 0.370. The van der Waals surface area contributed by atoms with E-state index in [1.54, 1.807) is 0 Å². The Hall–Kier alpha value is -1.09. The van der Waals surface area contributed by atoms with Crippen molar-refractivity contribution in [1.29, 1.82) is 0 Å². The van der Waals surface area contributed by atoms with Gasteiger partial charge in [-0.1, -0.05) is 20.3 Å². The summed E-state index contributed by atoms with van der Waals surface area (Å²) in [4.78, 5) is 9.13. The van der Waals surface area contributed by atoms with Gasteiger partial charge < -0.3 is 4.57 Å². The van der Waals surface area contributed by atoms with Crippen LogP contribution in [-0.2, 0) is 5.88 Å². The molecule has 0 aromatic carbocycles. The Balaban J connectivity index is 2.64. The molecule has 0 aliphatic carbocycles. The number of rotatable bonds is 4. The molecule has 2 rings (SSSR count). The highest BCUT2D eigenvalue weighted by Gasteiger charge is 2.20. The van der Waals surface area contributed by atoms with Crippen LogP contribution in [0.5, 0.6) is 0 Å². The summed E-state index contributed by atoms with van der Waals surface area (Å²) in [5.74, 6) is 1.92. The maximum atomic E-state index is 6.04. The topological polar surface area (TPSA) is 30.7 Å². The van der Waals surface area contributed by atoms with E-state index >= 15 is 0 Å². The van der Waals surface area contributed by atoms with Crippen molar-refractivity contribution in [2.45, 2.75) is 46.0 Å². The monoisotopic (exact) mass is 265 g/mol.